The van der Waals surface area contributed by atoms with Gasteiger partial charge in [0.25, 0.3) is 5.91 Å². The van der Waals surface area contributed by atoms with Gasteiger partial charge in [0.05, 0.1) is 23.9 Å². The zero-order chi connectivity index (χ0) is 17.9. The Bertz CT molecular complexity index is 854. The number of hydrogen-bond acceptors (Lipinski definition) is 6. The number of rotatable bonds is 5. The van der Waals surface area contributed by atoms with Crippen molar-refractivity contribution in [2.75, 3.05) is 16.8 Å². The Hall–Kier alpha value is -2.55. The van der Waals surface area contributed by atoms with E-state index in [-0.39, 0.29) is 35.6 Å². The van der Waals surface area contributed by atoms with E-state index in [1.807, 2.05) is 0 Å². The van der Waals surface area contributed by atoms with Gasteiger partial charge in [-0.2, -0.15) is 0 Å². The number of carbonyl (C=O) groups is 1. The normalized spacial score (nSPS) is 18.7. The number of amides is 1. The van der Waals surface area contributed by atoms with Gasteiger partial charge in [0.2, 0.25) is 0 Å². The Labute approximate surface area is 144 Å². The maximum Gasteiger partial charge on any atom is 0.271 e. The first-order valence-corrected chi connectivity index (χ1v) is 9.55. The summed E-state index contributed by atoms with van der Waals surface area (Å²) < 4.78 is 35.7. The lowest BCUT2D eigenvalue weighted by Gasteiger charge is -2.11. The maximum absolute atomic E-state index is 12.8. The van der Waals surface area contributed by atoms with Crippen LogP contribution >= 0.6 is 0 Å². The van der Waals surface area contributed by atoms with Gasteiger partial charge in [-0.05, 0) is 24.1 Å². The van der Waals surface area contributed by atoms with Crippen molar-refractivity contribution in [3.63, 3.8) is 0 Å². The van der Waals surface area contributed by atoms with Crippen LogP contribution in [0.15, 0.2) is 36.7 Å². The molecule has 2 aromatic rings. The molecule has 1 saturated heterocycles. The summed E-state index contributed by atoms with van der Waals surface area (Å²) in [4.78, 5) is 20.2. The minimum atomic E-state index is -2.97. The molecule has 7 nitrogen and oxygen atoms in total. The third-order valence-corrected chi connectivity index (χ3v) is 5.60. The fourth-order valence-corrected chi connectivity index (χ4v) is 4.19. The summed E-state index contributed by atoms with van der Waals surface area (Å²) in [7, 11) is -2.97. The lowest BCUT2D eigenvalue weighted by molar-refractivity contribution is 0.0945. The topological polar surface area (TPSA) is 101 Å². The first kappa shape index (κ1) is 17.3. The molecule has 1 aromatic heterocycles. The van der Waals surface area contributed by atoms with Crippen molar-refractivity contribution in [1.29, 1.82) is 0 Å². The monoisotopic (exact) mass is 364 g/mol. The molecule has 1 aliphatic heterocycles. The fourth-order valence-electron chi connectivity index (χ4n) is 2.51. The number of hydrogen-bond donors (Lipinski definition) is 2. The van der Waals surface area contributed by atoms with Gasteiger partial charge < -0.3 is 10.6 Å². The van der Waals surface area contributed by atoms with Crippen LogP contribution in [0.4, 0.5) is 10.2 Å². The number of anilines is 1. The minimum Gasteiger partial charge on any atom is -0.365 e. The van der Waals surface area contributed by atoms with Gasteiger partial charge in [-0.3, -0.25) is 4.79 Å². The molecule has 132 valence electrons. The lowest BCUT2D eigenvalue weighted by Crippen LogP contribution is -2.25. The van der Waals surface area contributed by atoms with Gasteiger partial charge in [0.15, 0.2) is 9.84 Å². The zero-order valence-electron chi connectivity index (χ0n) is 13.3. The van der Waals surface area contributed by atoms with Crippen LogP contribution in [0.3, 0.4) is 0 Å². The summed E-state index contributed by atoms with van der Waals surface area (Å²) >= 11 is 0. The molecule has 1 aliphatic rings. The number of nitrogens with zero attached hydrogens (tertiary/aromatic N) is 2. The van der Waals surface area contributed by atoms with Crippen molar-refractivity contribution < 1.29 is 17.6 Å². The smallest absolute Gasteiger partial charge is 0.271 e. The van der Waals surface area contributed by atoms with E-state index in [9.17, 15) is 17.6 Å². The SMILES string of the molecule is O=C(NCc1ccc(F)cc1)c1cnc(NC2CCS(=O)(=O)C2)cn1. The quantitative estimate of drug-likeness (QED) is 0.825. The summed E-state index contributed by atoms with van der Waals surface area (Å²) in [6.45, 7) is 0.251. The Morgan fingerprint density at radius 2 is 1.96 bits per heavy atom. The lowest BCUT2D eigenvalue weighted by atomic mass is 10.2. The standard InChI is InChI=1S/C16H17FN4O3S/c17-12-3-1-11(2-4-12)7-20-16(22)14-8-19-15(9-18-14)21-13-5-6-25(23,24)10-13/h1-4,8-9,13H,5-7,10H2,(H,19,21)(H,20,22). The fraction of sp³-hybridized carbons (Fsp3) is 0.312. The third kappa shape index (κ3) is 4.72. The largest absolute Gasteiger partial charge is 0.365 e. The molecule has 0 bridgehead atoms. The first-order chi connectivity index (χ1) is 11.9. The molecule has 1 fully saturated rings. The molecule has 0 aliphatic carbocycles. The van der Waals surface area contributed by atoms with E-state index in [2.05, 4.69) is 20.6 Å². The van der Waals surface area contributed by atoms with Crippen molar-refractivity contribution in [1.82, 2.24) is 15.3 Å². The molecule has 3 rings (SSSR count). The molecule has 25 heavy (non-hydrogen) atoms. The van der Waals surface area contributed by atoms with Crippen molar-refractivity contribution in [3.8, 4) is 0 Å². The molecule has 2 heterocycles. The number of benzene rings is 1. The van der Waals surface area contributed by atoms with Crippen molar-refractivity contribution >= 4 is 21.6 Å². The molecular formula is C16H17FN4O3S. The van der Waals surface area contributed by atoms with E-state index in [0.717, 1.165) is 5.56 Å². The number of aromatic nitrogens is 2. The Balaban J connectivity index is 1.54. The molecule has 1 aromatic carbocycles. The summed E-state index contributed by atoms with van der Waals surface area (Å²) in [5.41, 5.74) is 0.912. The molecule has 0 radical (unpaired) electrons. The van der Waals surface area contributed by atoms with Crippen LogP contribution in [0.2, 0.25) is 0 Å². The number of carbonyl (C=O) groups excluding carboxylic acids is 1. The van der Waals surface area contributed by atoms with Gasteiger partial charge >= 0.3 is 0 Å². The average molecular weight is 364 g/mol. The third-order valence-electron chi connectivity index (χ3n) is 3.84. The highest BCUT2D eigenvalue weighted by Gasteiger charge is 2.27. The van der Waals surface area contributed by atoms with Crippen molar-refractivity contribution in [2.24, 2.45) is 0 Å². The second kappa shape index (κ2) is 7.14. The first-order valence-electron chi connectivity index (χ1n) is 7.73. The van der Waals surface area contributed by atoms with E-state index >= 15 is 0 Å². The zero-order valence-corrected chi connectivity index (χ0v) is 14.1. The van der Waals surface area contributed by atoms with Crippen LogP contribution in [-0.4, -0.2) is 41.8 Å². The number of halogens is 1. The predicted octanol–water partition coefficient (Wildman–Crippen LogP) is 1.14. The molecule has 1 amide bonds. The molecule has 9 heteroatoms. The van der Waals surface area contributed by atoms with Gasteiger partial charge in [0, 0.05) is 12.6 Å². The Morgan fingerprint density at radius 1 is 1.20 bits per heavy atom. The maximum atomic E-state index is 12.8. The van der Waals surface area contributed by atoms with E-state index in [1.54, 1.807) is 12.1 Å². The molecule has 0 spiro atoms. The average Bonchev–Trinajstić information content (AvgIpc) is 2.93. The van der Waals surface area contributed by atoms with Crippen LogP contribution < -0.4 is 10.6 Å². The van der Waals surface area contributed by atoms with Crippen LogP contribution in [0.1, 0.15) is 22.5 Å². The molecule has 1 unspecified atom stereocenters. The van der Waals surface area contributed by atoms with Gasteiger partial charge in [-0.15, -0.1) is 0 Å². The number of sulfone groups is 1. The molecule has 2 N–H and O–H groups in total. The summed E-state index contributed by atoms with van der Waals surface area (Å²) in [5, 5.41) is 5.68. The highest BCUT2D eigenvalue weighted by Crippen LogP contribution is 2.15. The van der Waals surface area contributed by atoms with E-state index in [0.29, 0.717) is 12.2 Å². The molecule has 1 atom stereocenters. The van der Waals surface area contributed by atoms with Gasteiger partial charge in [-0.25, -0.2) is 22.8 Å². The second-order valence-corrected chi connectivity index (χ2v) is 8.07. The van der Waals surface area contributed by atoms with Gasteiger partial charge in [0.1, 0.15) is 17.3 Å². The van der Waals surface area contributed by atoms with E-state index in [4.69, 9.17) is 0 Å². The molecular weight excluding hydrogens is 347 g/mol. The summed E-state index contributed by atoms with van der Waals surface area (Å²) in [5.74, 6) is -0.0561. The van der Waals surface area contributed by atoms with E-state index < -0.39 is 15.7 Å². The van der Waals surface area contributed by atoms with Crippen LogP contribution in [-0.2, 0) is 16.4 Å². The predicted molar refractivity (Wildman–Crippen MR) is 90.3 cm³/mol. The number of nitrogens with one attached hydrogen (secondary N) is 2. The van der Waals surface area contributed by atoms with Crippen LogP contribution in [0.25, 0.3) is 0 Å². The van der Waals surface area contributed by atoms with Crippen molar-refractivity contribution in [3.05, 3.63) is 53.7 Å². The van der Waals surface area contributed by atoms with Gasteiger partial charge in [-0.1, -0.05) is 12.1 Å². The Morgan fingerprint density at radius 3 is 2.56 bits per heavy atom. The van der Waals surface area contributed by atoms with E-state index in [1.165, 1.54) is 24.5 Å². The summed E-state index contributed by atoms with van der Waals surface area (Å²) in [6.07, 6.45) is 3.26. The highest BCUT2D eigenvalue weighted by atomic mass is 32.2. The Kier molecular flexibility index (Phi) is 4.93. The second-order valence-electron chi connectivity index (χ2n) is 5.84. The summed E-state index contributed by atoms with van der Waals surface area (Å²) in [6, 6.07) is 5.64. The van der Waals surface area contributed by atoms with Crippen molar-refractivity contribution in [2.45, 2.75) is 19.0 Å². The minimum absolute atomic E-state index is 0.0780. The highest BCUT2D eigenvalue weighted by molar-refractivity contribution is 7.91. The van der Waals surface area contributed by atoms with Crippen LogP contribution in [0, 0.1) is 5.82 Å². The van der Waals surface area contributed by atoms with Crippen LogP contribution in [0.5, 0.6) is 0 Å². The molecule has 0 saturated carbocycles.